The number of hydrogen-bond donors (Lipinski definition) is 2. The molecule has 1 saturated carbocycles. The Morgan fingerprint density at radius 2 is 2.17 bits per heavy atom. The molecule has 0 aliphatic heterocycles. The summed E-state index contributed by atoms with van der Waals surface area (Å²) in [5.41, 5.74) is 1.01. The molecule has 0 amide bonds. The van der Waals surface area contributed by atoms with E-state index >= 15 is 0 Å². The van der Waals surface area contributed by atoms with Gasteiger partial charge < -0.3 is 14.8 Å². The Hall–Kier alpha value is -1.97. The second-order valence-corrected chi connectivity index (χ2v) is 4.82. The summed E-state index contributed by atoms with van der Waals surface area (Å²) in [7, 11) is 1.59. The SMILES string of the molecule is COc1ccc2[nH]ccc2c1C1(C(=O)O)CCC1. The molecule has 1 aliphatic rings. The molecule has 0 radical (unpaired) electrons. The number of carboxylic acid groups (broad SMARTS) is 1. The molecule has 2 N–H and O–H groups in total. The van der Waals surface area contributed by atoms with E-state index in [1.807, 2.05) is 24.4 Å². The van der Waals surface area contributed by atoms with Crippen LogP contribution < -0.4 is 4.74 Å². The van der Waals surface area contributed by atoms with Crippen LogP contribution in [0, 0.1) is 0 Å². The van der Waals surface area contributed by atoms with Crippen molar-refractivity contribution in [3.63, 3.8) is 0 Å². The average molecular weight is 245 g/mol. The van der Waals surface area contributed by atoms with Gasteiger partial charge in [-0.3, -0.25) is 4.79 Å². The number of nitrogens with one attached hydrogen (secondary N) is 1. The van der Waals surface area contributed by atoms with Gasteiger partial charge in [-0.15, -0.1) is 0 Å². The maximum Gasteiger partial charge on any atom is 0.314 e. The number of ether oxygens (including phenoxy) is 1. The van der Waals surface area contributed by atoms with E-state index < -0.39 is 11.4 Å². The van der Waals surface area contributed by atoms with E-state index in [0.717, 1.165) is 22.9 Å². The molecule has 0 unspecified atom stereocenters. The molecule has 2 aromatic rings. The van der Waals surface area contributed by atoms with Crippen LogP contribution in [-0.2, 0) is 10.2 Å². The number of aromatic amines is 1. The van der Waals surface area contributed by atoms with Gasteiger partial charge in [-0.05, 0) is 31.0 Å². The quantitative estimate of drug-likeness (QED) is 0.873. The molecular formula is C14H15NO3. The van der Waals surface area contributed by atoms with Gasteiger partial charge in [-0.2, -0.15) is 0 Å². The van der Waals surface area contributed by atoms with Crippen LogP contribution in [0.5, 0.6) is 5.75 Å². The molecule has 1 heterocycles. The summed E-state index contributed by atoms with van der Waals surface area (Å²) in [6.45, 7) is 0. The normalized spacial score (nSPS) is 17.4. The van der Waals surface area contributed by atoms with Gasteiger partial charge in [0.2, 0.25) is 0 Å². The maximum atomic E-state index is 11.7. The largest absolute Gasteiger partial charge is 0.496 e. The topological polar surface area (TPSA) is 62.3 Å². The fourth-order valence-electron chi connectivity index (χ4n) is 2.88. The first-order valence-electron chi connectivity index (χ1n) is 6.07. The highest BCUT2D eigenvalue weighted by atomic mass is 16.5. The molecule has 1 aliphatic carbocycles. The van der Waals surface area contributed by atoms with E-state index in [4.69, 9.17) is 4.74 Å². The van der Waals surface area contributed by atoms with Crippen molar-refractivity contribution in [1.82, 2.24) is 4.98 Å². The fraction of sp³-hybridized carbons (Fsp3) is 0.357. The summed E-state index contributed by atoms with van der Waals surface area (Å²) in [5.74, 6) is -0.0787. The van der Waals surface area contributed by atoms with Crippen molar-refractivity contribution in [3.05, 3.63) is 30.0 Å². The van der Waals surface area contributed by atoms with Crippen LogP contribution in [0.25, 0.3) is 10.9 Å². The molecule has 1 aromatic carbocycles. The van der Waals surface area contributed by atoms with E-state index in [9.17, 15) is 9.90 Å². The zero-order valence-electron chi connectivity index (χ0n) is 10.2. The standard InChI is InChI=1S/C14H15NO3/c1-18-11-4-3-10-9(5-8-15-10)12(11)14(13(16)17)6-2-7-14/h3-5,8,15H,2,6-7H2,1H3,(H,16,17). The molecule has 1 fully saturated rings. The van der Waals surface area contributed by atoms with E-state index in [-0.39, 0.29) is 0 Å². The van der Waals surface area contributed by atoms with Crippen molar-refractivity contribution >= 4 is 16.9 Å². The monoisotopic (exact) mass is 245 g/mol. The molecule has 4 nitrogen and oxygen atoms in total. The zero-order chi connectivity index (χ0) is 12.8. The molecule has 94 valence electrons. The van der Waals surface area contributed by atoms with Gasteiger partial charge in [-0.25, -0.2) is 0 Å². The van der Waals surface area contributed by atoms with E-state index in [2.05, 4.69) is 4.98 Å². The average Bonchev–Trinajstić information content (AvgIpc) is 2.75. The van der Waals surface area contributed by atoms with Crippen molar-refractivity contribution in [2.24, 2.45) is 0 Å². The van der Waals surface area contributed by atoms with E-state index in [0.29, 0.717) is 18.6 Å². The van der Waals surface area contributed by atoms with Crippen LogP contribution in [0.4, 0.5) is 0 Å². The Labute approximate surface area is 105 Å². The highest BCUT2D eigenvalue weighted by molar-refractivity contribution is 5.94. The first-order valence-corrected chi connectivity index (χ1v) is 6.07. The Kier molecular flexibility index (Phi) is 2.33. The highest BCUT2D eigenvalue weighted by Gasteiger charge is 2.48. The minimum absolute atomic E-state index is 0.671. The number of fused-ring (bicyclic) bond motifs is 1. The Bertz CT molecular complexity index is 611. The van der Waals surface area contributed by atoms with Gasteiger partial charge in [0.15, 0.2) is 0 Å². The van der Waals surface area contributed by atoms with Crippen LogP contribution >= 0.6 is 0 Å². The van der Waals surface area contributed by atoms with Gasteiger partial charge in [0.05, 0.1) is 12.5 Å². The third-order valence-corrected chi connectivity index (χ3v) is 4.01. The lowest BCUT2D eigenvalue weighted by atomic mass is 9.63. The second-order valence-electron chi connectivity index (χ2n) is 4.82. The van der Waals surface area contributed by atoms with Crippen molar-refractivity contribution < 1.29 is 14.6 Å². The highest BCUT2D eigenvalue weighted by Crippen LogP contribution is 2.49. The van der Waals surface area contributed by atoms with Crippen molar-refractivity contribution in [3.8, 4) is 5.75 Å². The van der Waals surface area contributed by atoms with E-state index in [1.165, 1.54) is 0 Å². The molecular weight excluding hydrogens is 230 g/mol. The first-order chi connectivity index (χ1) is 8.69. The Morgan fingerprint density at radius 1 is 1.39 bits per heavy atom. The molecule has 0 spiro atoms. The number of aromatic nitrogens is 1. The maximum absolute atomic E-state index is 11.7. The molecule has 0 bridgehead atoms. The summed E-state index contributed by atoms with van der Waals surface area (Å²) < 4.78 is 5.38. The second kappa shape index (κ2) is 3.77. The first kappa shape index (κ1) is 11.1. The minimum Gasteiger partial charge on any atom is -0.496 e. The van der Waals surface area contributed by atoms with Crippen LogP contribution in [0.1, 0.15) is 24.8 Å². The van der Waals surface area contributed by atoms with Gasteiger partial charge in [0, 0.05) is 22.7 Å². The summed E-state index contributed by atoms with van der Waals surface area (Å²) >= 11 is 0. The third-order valence-electron chi connectivity index (χ3n) is 4.01. The summed E-state index contributed by atoms with van der Waals surface area (Å²) in [6.07, 6.45) is 4.16. The van der Waals surface area contributed by atoms with Gasteiger partial charge >= 0.3 is 5.97 Å². The van der Waals surface area contributed by atoms with Crippen LogP contribution in [-0.4, -0.2) is 23.2 Å². The number of rotatable bonds is 3. The molecule has 4 heteroatoms. The van der Waals surface area contributed by atoms with Crippen LogP contribution in [0.3, 0.4) is 0 Å². The molecule has 1 aromatic heterocycles. The molecule has 0 saturated heterocycles. The Balaban J connectivity index is 2.31. The molecule has 0 atom stereocenters. The van der Waals surface area contributed by atoms with Crippen LogP contribution in [0.15, 0.2) is 24.4 Å². The zero-order valence-corrected chi connectivity index (χ0v) is 10.2. The lowest BCUT2D eigenvalue weighted by Gasteiger charge is -2.39. The van der Waals surface area contributed by atoms with Crippen molar-refractivity contribution in [2.45, 2.75) is 24.7 Å². The van der Waals surface area contributed by atoms with Gasteiger partial charge in [-0.1, -0.05) is 6.42 Å². The smallest absolute Gasteiger partial charge is 0.314 e. The lowest BCUT2D eigenvalue weighted by Crippen LogP contribution is -2.42. The number of H-pyrrole nitrogens is 1. The molecule has 3 rings (SSSR count). The number of aliphatic carboxylic acids is 1. The number of carboxylic acids is 1. The van der Waals surface area contributed by atoms with Crippen molar-refractivity contribution in [2.75, 3.05) is 7.11 Å². The van der Waals surface area contributed by atoms with Gasteiger partial charge in [0.25, 0.3) is 0 Å². The lowest BCUT2D eigenvalue weighted by molar-refractivity contribution is -0.147. The predicted molar refractivity (Wildman–Crippen MR) is 68.0 cm³/mol. The number of benzene rings is 1. The van der Waals surface area contributed by atoms with Crippen LogP contribution in [0.2, 0.25) is 0 Å². The fourth-order valence-corrected chi connectivity index (χ4v) is 2.88. The number of hydrogen-bond acceptors (Lipinski definition) is 2. The number of methoxy groups -OCH3 is 1. The predicted octanol–water partition coefficient (Wildman–Crippen LogP) is 2.68. The Morgan fingerprint density at radius 3 is 2.72 bits per heavy atom. The minimum atomic E-state index is -0.771. The third kappa shape index (κ3) is 1.29. The van der Waals surface area contributed by atoms with Gasteiger partial charge in [0.1, 0.15) is 5.75 Å². The molecule has 18 heavy (non-hydrogen) atoms. The summed E-state index contributed by atoms with van der Waals surface area (Å²) in [4.78, 5) is 14.8. The van der Waals surface area contributed by atoms with E-state index in [1.54, 1.807) is 7.11 Å². The number of carbonyl (C=O) groups is 1. The summed E-state index contributed by atoms with van der Waals surface area (Å²) in [6, 6.07) is 5.69. The van der Waals surface area contributed by atoms with Crippen molar-refractivity contribution in [1.29, 1.82) is 0 Å². The summed E-state index contributed by atoms with van der Waals surface area (Å²) in [5, 5.41) is 10.5.